The summed E-state index contributed by atoms with van der Waals surface area (Å²) in [6.45, 7) is 0. The Morgan fingerprint density at radius 2 is 0.947 bits per heavy atom. The van der Waals surface area contributed by atoms with Crippen molar-refractivity contribution < 1.29 is 4.57 Å². The minimum Gasteiger partial charge on any atom is -0.300 e. The lowest BCUT2D eigenvalue weighted by Gasteiger charge is -2.16. The van der Waals surface area contributed by atoms with E-state index in [9.17, 15) is 4.57 Å². The fourth-order valence-electron chi connectivity index (χ4n) is 5.00. The molecule has 0 N–H and O–H groups in total. The summed E-state index contributed by atoms with van der Waals surface area (Å²) in [5, 5.41) is 5.76. The first-order chi connectivity index (χ1) is 18.7. The van der Waals surface area contributed by atoms with Crippen LogP contribution in [0.5, 0.6) is 0 Å². The lowest BCUT2D eigenvalue weighted by molar-refractivity contribution is 0.593. The monoisotopic (exact) mass is 502 g/mol. The normalized spacial score (nSPS) is 11.0. The molecule has 6 rings (SSSR count). The highest BCUT2D eigenvalue weighted by molar-refractivity contribution is 7.83. The van der Waals surface area contributed by atoms with Crippen molar-refractivity contribution in [2.45, 2.75) is 0 Å². The molecule has 6 aromatic rings. The van der Waals surface area contributed by atoms with E-state index in [2.05, 4.69) is 53.9 Å². The minimum atomic E-state index is -3.23. The van der Waals surface area contributed by atoms with Crippen LogP contribution in [0.4, 0.5) is 0 Å². The van der Waals surface area contributed by atoms with E-state index in [4.69, 9.17) is 6.42 Å². The summed E-state index contributed by atoms with van der Waals surface area (Å²) in [4.78, 5) is 0. The van der Waals surface area contributed by atoms with Crippen molar-refractivity contribution >= 4 is 39.3 Å². The molecule has 0 aromatic heterocycles. The van der Waals surface area contributed by atoms with Crippen LogP contribution in [-0.4, -0.2) is 0 Å². The van der Waals surface area contributed by atoms with E-state index in [1.165, 1.54) is 0 Å². The first-order valence-electron chi connectivity index (χ1n) is 12.4. The summed E-state index contributed by atoms with van der Waals surface area (Å²) < 4.78 is 14.6. The molecular formula is C36H23OP. The van der Waals surface area contributed by atoms with E-state index in [0.717, 1.165) is 54.4 Å². The third-order valence-electron chi connectivity index (χ3n) is 6.85. The summed E-state index contributed by atoms with van der Waals surface area (Å²) in [5.41, 5.74) is 6.80. The van der Waals surface area contributed by atoms with Crippen LogP contribution in [0.3, 0.4) is 0 Å². The maximum Gasteiger partial charge on any atom is 0.211 e. The summed E-state index contributed by atoms with van der Waals surface area (Å²) in [7, 11) is -3.23. The van der Waals surface area contributed by atoms with Crippen molar-refractivity contribution in [3.63, 3.8) is 0 Å². The van der Waals surface area contributed by atoms with Crippen molar-refractivity contribution in [3.8, 4) is 35.1 Å². The van der Waals surface area contributed by atoms with E-state index in [1.807, 2.05) is 97.1 Å². The Bertz CT molecular complexity index is 1910. The van der Waals surface area contributed by atoms with Gasteiger partial charge in [-0.25, -0.2) is 0 Å². The highest BCUT2D eigenvalue weighted by atomic mass is 31.2. The molecule has 1 nitrogen and oxygen atoms in total. The maximum absolute atomic E-state index is 14.6. The number of fused-ring (bicyclic) bond motifs is 2. The molecule has 0 atom stereocenters. The van der Waals surface area contributed by atoms with Gasteiger partial charge in [-0.3, -0.25) is 4.57 Å². The Morgan fingerprint density at radius 3 is 1.47 bits per heavy atom. The fraction of sp³-hybridized carbons (Fsp3) is 0. The number of benzene rings is 6. The molecule has 0 aliphatic carbocycles. The Hall–Kier alpha value is -4.81. The zero-order valence-electron chi connectivity index (χ0n) is 20.6. The van der Waals surface area contributed by atoms with Crippen LogP contribution < -0.4 is 10.6 Å². The first-order valence-corrected chi connectivity index (χ1v) is 14.1. The van der Waals surface area contributed by atoms with Gasteiger partial charge in [-0.05, 0) is 39.3 Å². The molecule has 178 valence electrons. The van der Waals surface area contributed by atoms with Gasteiger partial charge in [-0.1, -0.05) is 133 Å². The van der Waals surface area contributed by atoms with Gasteiger partial charge < -0.3 is 0 Å². The summed E-state index contributed by atoms with van der Waals surface area (Å²) in [6.07, 6.45) is 6.04. The Morgan fingerprint density at radius 1 is 0.500 bits per heavy atom. The van der Waals surface area contributed by atoms with Gasteiger partial charge in [0.15, 0.2) is 0 Å². The number of hydrogen-bond donors (Lipinski definition) is 0. The molecule has 0 unspecified atom stereocenters. The van der Waals surface area contributed by atoms with E-state index in [1.54, 1.807) is 0 Å². The van der Waals surface area contributed by atoms with Crippen LogP contribution in [0, 0.1) is 23.9 Å². The second-order valence-electron chi connectivity index (χ2n) is 9.08. The predicted molar refractivity (Wildman–Crippen MR) is 161 cm³/mol. The third-order valence-corrected chi connectivity index (χ3v) is 9.33. The fourth-order valence-corrected chi connectivity index (χ4v) is 7.02. The standard InChI is InChI=1S/C36H23OP/c1-2-27-21-22-28-13-9-11-19-33(28)35(27)36-30(24-23-29-14-10-12-20-34(29)36)25-26-38(37,31-15-5-3-6-16-31)32-17-7-4-8-18-32/h1,3-24H. The molecule has 0 radical (unpaired) electrons. The van der Waals surface area contributed by atoms with Crippen LogP contribution in [0.15, 0.2) is 133 Å². The SMILES string of the molecule is C#Cc1ccc2ccccc2c1-c1c(C#CP(=O)(c2ccccc2)c2ccccc2)ccc2ccccc12. The van der Waals surface area contributed by atoms with Crippen LogP contribution >= 0.6 is 7.14 Å². The second-order valence-corrected chi connectivity index (χ2v) is 11.6. The van der Waals surface area contributed by atoms with Crippen molar-refractivity contribution in [2.24, 2.45) is 0 Å². The predicted octanol–water partition coefficient (Wildman–Crippen LogP) is 7.96. The van der Waals surface area contributed by atoms with Crippen molar-refractivity contribution in [1.29, 1.82) is 0 Å². The van der Waals surface area contributed by atoms with Crippen LogP contribution in [0.25, 0.3) is 32.7 Å². The molecule has 0 aliphatic heterocycles. The molecule has 0 spiro atoms. The highest BCUT2D eigenvalue weighted by Crippen LogP contribution is 2.43. The topological polar surface area (TPSA) is 17.1 Å². The van der Waals surface area contributed by atoms with Crippen molar-refractivity contribution in [1.82, 2.24) is 0 Å². The zero-order valence-corrected chi connectivity index (χ0v) is 21.5. The van der Waals surface area contributed by atoms with Gasteiger partial charge in [-0.2, -0.15) is 0 Å². The molecule has 0 aliphatic rings. The first kappa shape index (κ1) is 23.6. The Labute approximate surface area is 223 Å². The molecule has 0 saturated heterocycles. The minimum absolute atomic E-state index is 0.718. The van der Waals surface area contributed by atoms with Crippen molar-refractivity contribution in [3.05, 3.63) is 145 Å². The van der Waals surface area contributed by atoms with Gasteiger partial charge in [0.05, 0.1) is 0 Å². The molecule has 6 aromatic carbocycles. The van der Waals surface area contributed by atoms with Crippen molar-refractivity contribution in [2.75, 3.05) is 0 Å². The molecule has 2 heteroatoms. The largest absolute Gasteiger partial charge is 0.300 e. The number of terminal acetylenes is 1. The summed E-state index contributed by atoms with van der Waals surface area (Å²) in [6, 6.07) is 43.7. The van der Waals surface area contributed by atoms with E-state index >= 15 is 0 Å². The molecular weight excluding hydrogens is 479 g/mol. The van der Waals surface area contributed by atoms with Crippen LogP contribution in [0.1, 0.15) is 11.1 Å². The smallest absolute Gasteiger partial charge is 0.211 e. The molecule has 0 saturated carbocycles. The van der Waals surface area contributed by atoms with Gasteiger partial charge in [0, 0.05) is 32.9 Å². The van der Waals surface area contributed by atoms with E-state index in [-0.39, 0.29) is 0 Å². The average Bonchev–Trinajstić information content (AvgIpc) is 3.00. The molecule has 0 fully saturated rings. The summed E-state index contributed by atoms with van der Waals surface area (Å²) >= 11 is 0. The molecule has 0 bridgehead atoms. The Balaban J connectivity index is 1.68. The van der Waals surface area contributed by atoms with Gasteiger partial charge in [0.25, 0.3) is 0 Å². The third kappa shape index (κ3) is 4.11. The lowest BCUT2D eigenvalue weighted by Crippen LogP contribution is -2.14. The van der Waals surface area contributed by atoms with E-state index < -0.39 is 7.14 Å². The van der Waals surface area contributed by atoms with Gasteiger partial charge in [0.2, 0.25) is 7.14 Å². The quantitative estimate of drug-likeness (QED) is 0.177. The molecule has 0 amide bonds. The van der Waals surface area contributed by atoms with Crippen LogP contribution in [-0.2, 0) is 4.57 Å². The Kier molecular flexibility index (Phi) is 6.15. The number of rotatable bonds is 3. The molecule has 38 heavy (non-hydrogen) atoms. The molecule has 0 heterocycles. The highest BCUT2D eigenvalue weighted by Gasteiger charge is 2.25. The van der Waals surface area contributed by atoms with E-state index in [0.29, 0.717) is 0 Å². The van der Waals surface area contributed by atoms with Crippen LogP contribution in [0.2, 0.25) is 0 Å². The maximum atomic E-state index is 14.6. The lowest BCUT2D eigenvalue weighted by atomic mass is 9.87. The van der Waals surface area contributed by atoms with Gasteiger partial charge >= 0.3 is 0 Å². The summed E-state index contributed by atoms with van der Waals surface area (Å²) in [5.74, 6) is 6.27. The number of hydrogen-bond acceptors (Lipinski definition) is 1. The average molecular weight is 503 g/mol. The van der Waals surface area contributed by atoms with Gasteiger partial charge in [0.1, 0.15) is 0 Å². The second kappa shape index (κ2) is 9.92. The zero-order chi connectivity index (χ0) is 26.0. The van der Waals surface area contributed by atoms with Gasteiger partial charge in [-0.15, -0.1) is 6.42 Å².